The highest BCUT2D eigenvalue weighted by atomic mass is 14.9. The lowest BCUT2D eigenvalue weighted by atomic mass is 10.0. The van der Waals surface area contributed by atoms with Gasteiger partial charge in [0.05, 0.1) is 0 Å². The summed E-state index contributed by atoms with van der Waals surface area (Å²) in [4.78, 5) is 14.8. The number of nitrogens with one attached hydrogen (secondary N) is 6. The highest BCUT2D eigenvalue weighted by Crippen LogP contribution is 2.27. The van der Waals surface area contributed by atoms with Crippen molar-refractivity contribution >= 4 is 46.0 Å². The molecule has 0 saturated carbocycles. The Hall–Kier alpha value is -6.92. The largest absolute Gasteiger partial charge is 0.355 e. The van der Waals surface area contributed by atoms with Crippen molar-refractivity contribution in [2.75, 3.05) is 10.6 Å². The average Bonchev–Trinajstić information content (AvgIpc) is 3.99. The summed E-state index contributed by atoms with van der Waals surface area (Å²) in [6.45, 7) is 4.24. The van der Waals surface area contributed by atoms with E-state index in [1.165, 1.54) is 11.1 Å². The summed E-state index contributed by atoms with van der Waals surface area (Å²) >= 11 is 0. The highest BCUT2D eigenvalue weighted by Gasteiger charge is 2.13. The van der Waals surface area contributed by atoms with Gasteiger partial charge in [0, 0.05) is 78.1 Å². The van der Waals surface area contributed by atoms with Crippen molar-refractivity contribution in [2.24, 2.45) is 0 Å². The predicted octanol–water partition coefficient (Wildman–Crippen LogP) is 7.57. The van der Waals surface area contributed by atoms with Gasteiger partial charge >= 0.3 is 0 Å². The minimum atomic E-state index is 1.01. The van der Waals surface area contributed by atoms with Crippen LogP contribution in [0.1, 0.15) is 45.0 Å². The van der Waals surface area contributed by atoms with Gasteiger partial charge in [0.15, 0.2) is 0 Å². The fourth-order valence-electron chi connectivity index (χ4n) is 6.99. The lowest BCUT2D eigenvalue weighted by Gasteiger charge is -2.11. The van der Waals surface area contributed by atoms with Gasteiger partial charge in [-0.3, -0.25) is 0 Å². The lowest BCUT2D eigenvalue weighted by molar-refractivity contribution is 1.21. The third-order valence-electron chi connectivity index (χ3n) is 9.73. The quantitative estimate of drug-likeness (QED) is 0.110. The third kappa shape index (κ3) is 6.18. The van der Waals surface area contributed by atoms with Gasteiger partial charge in [0.2, 0.25) is 0 Å². The SMILES string of the molecule is Cc1ccccc1Nc1ccc(C2=c3ccc([nH]3)=Cc3ccc([nH]3)C(c3ccc(Nc4ccccc4C)cc3)=c3ccc([nH]3)=Cc3ccc2[nH]3)cc1. The van der Waals surface area contributed by atoms with Crippen molar-refractivity contribution in [3.05, 3.63) is 212 Å². The maximum absolute atomic E-state index is 3.70. The van der Waals surface area contributed by atoms with Crippen LogP contribution in [-0.4, -0.2) is 19.9 Å². The molecule has 0 spiro atoms. The topological polar surface area (TPSA) is 87.2 Å². The van der Waals surface area contributed by atoms with Gasteiger partial charge in [-0.25, -0.2) is 0 Å². The second kappa shape index (κ2) is 13.1. The van der Waals surface area contributed by atoms with Crippen LogP contribution < -0.4 is 32.0 Å². The number of benzene rings is 4. The standard InChI is InChI=1S/C46H38N6/c1-29-7-3-5-9-39(29)47-33-15-11-31(12-16-33)45-41-23-19-35(49-41)27-37-21-25-43(51-37)46(44-26-22-38(52-44)28-36-20-24-42(45)50-36)32-13-17-34(18-14-32)48-40-10-6-4-8-30(40)2/h3-28,47-52H,1-2H3. The summed E-state index contributed by atoms with van der Waals surface area (Å²) in [5.41, 5.74) is 15.2. The second-order valence-electron chi connectivity index (χ2n) is 13.4. The molecule has 0 atom stereocenters. The number of fused-ring (bicyclic) bond motifs is 8. The molecule has 0 aliphatic carbocycles. The molecule has 8 aromatic rings. The van der Waals surface area contributed by atoms with Crippen LogP contribution in [0.2, 0.25) is 0 Å². The Morgan fingerprint density at radius 3 is 1.23 bits per heavy atom. The lowest BCUT2D eigenvalue weighted by Crippen LogP contribution is -2.15. The van der Waals surface area contributed by atoms with Gasteiger partial charge in [-0.1, -0.05) is 60.7 Å². The van der Waals surface area contributed by atoms with Crippen LogP contribution in [0.3, 0.4) is 0 Å². The van der Waals surface area contributed by atoms with Gasteiger partial charge in [-0.05, 0) is 133 Å². The number of H-pyrrole nitrogens is 4. The maximum atomic E-state index is 3.70. The Morgan fingerprint density at radius 2 is 0.808 bits per heavy atom. The van der Waals surface area contributed by atoms with Gasteiger partial charge in [0.1, 0.15) is 0 Å². The summed E-state index contributed by atoms with van der Waals surface area (Å²) in [6, 6.07) is 51.2. The van der Waals surface area contributed by atoms with Crippen LogP contribution in [0.5, 0.6) is 0 Å². The number of aromatic amines is 4. The minimum absolute atomic E-state index is 1.01. The number of rotatable bonds is 6. The van der Waals surface area contributed by atoms with E-state index in [1.54, 1.807) is 0 Å². The molecule has 5 heterocycles. The van der Waals surface area contributed by atoms with Gasteiger partial charge in [-0.2, -0.15) is 0 Å². The molecule has 9 rings (SSSR count). The molecule has 4 aromatic heterocycles. The number of aromatic nitrogens is 4. The van der Waals surface area contributed by atoms with E-state index >= 15 is 0 Å². The van der Waals surface area contributed by atoms with Crippen molar-refractivity contribution in [1.29, 1.82) is 0 Å². The predicted molar refractivity (Wildman–Crippen MR) is 214 cm³/mol. The number of hydrogen-bond acceptors (Lipinski definition) is 2. The van der Waals surface area contributed by atoms with Crippen LogP contribution >= 0.6 is 0 Å². The molecule has 0 fully saturated rings. The molecule has 0 unspecified atom stereocenters. The molecule has 0 saturated heterocycles. The van der Waals surface area contributed by atoms with Crippen molar-refractivity contribution in [3.8, 4) is 0 Å². The molecule has 6 nitrogen and oxygen atoms in total. The second-order valence-corrected chi connectivity index (χ2v) is 13.4. The summed E-state index contributed by atoms with van der Waals surface area (Å²) in [5.74, 6) is 0. The fourth-order valence-corrected chi connectivity index (χ4v) is 6.99. The molecule has 1 aliphatic heterocycles. The normalized spacial score (nSPS) is 12.3. The molecule has 0 radical (unpaired) electrons. The summed E-state index contributed by atoms with van der Waals surface area (Å²) < 4.78 is 0. The first-order valence-corrected chi connectivity index (χ1v) is 17.6. The van der Waals surface area contributed by atoms with Crippen LogP contribution in [0.15, 0.2) is 146 Å². The van der Waals surface area contributed by atoms with E-state index in [0.717, 1.165) is 89.2 Å². The van der Waals surface area contributed by atoms with E-state index in [0.29, 0.717) is 0 Å². The van der Waals surface area contributed by atoms with Crippen LogP contribution in [0, 0.1) is 13.8 Å². The zero-order valence-electron chi connectivity index (χ0n) is 29.0. The van der Waals surface area contributed by atoms with Crippen molar-refractivity contribution < 1.29 is 0 Å². The number of aryl methyl sites for hydroxylation is 2. The maximum Gasteiger partial charge on any atom is 0.0485 e. The third-order valence-corrected chi connectivity index (χ3v) is 9.73. The molecule has 6 heteroatoms. The Bertz CT molecular complexity index is 2610. The number of anilines is 4. The van der Waals surface area contributed by atoms with Crippen molar-refractivity contribution in [1.82, 2.24) is 19.9 Å². The Balaban J connectivity index is 1.13. The number of hydrogen-bond donors (Lipinski definition) is 6. The molecule has 52 heavy (non-hydrogen) atoms. The Morgan fingerprint density at radius 1 is 0.385 bits per heavy atom. The molecule has 0 amide bonds. The molecule has 252 valence electrons. The van der Waals surface area contributed by atoms with Crippen LogP contribution in [0.4, 0.5) is 22.7 Å². The molecule has 4 aromatic carbocycles. The Labute approximate surface area is 301 Å². The fraction of sp³-hybridized carbons (Fsp3) is 0.0435. The van der Waals surface area contributed by atoms with E-state index in [4.69, 9.17) is 0 Å². The zero-order valence-corrected chi connectivity index (χ0v) is 29.0. The zero-order chi connectivity index (χ0) is 35.0. The average molecular weight is 675 g/mol. The molecule has 1 aliphatic rings. The monoisotopic (exact) mass is 674 g/mol. The van der Waals surface area contributed by atoms with E-state index < -0.39 is 0 Å². The van der Waals surface area contributed by atoms with E-state index in [-0.39, 0.29) is 0 Å². The van der Waals surface area contributed by atoms with E-state index in [9.17, 15) is 0 Å². The smallest absolute Gasteiger partial charge is 0.0485 e. The van der Waals surface area contributed by atoms with Gasteiger partial charge in [0.25, 0.3) is 0 Å². The van der Waals surface area contributed by atoms with Gasteiger partial charge in [-0.15, -0.1) is 0 Å². The summed E-state index contributed by atoms with van der Waals surface area (Å²) in [6.07, 6.45) is 4.32. The van der Waals surface area contributed by atoms with Crippen LogP contribution in [0.25, 0.3) is 23.3 Å². The first kappa shape index (κ1) is 31.1. The first-order chi connectivity index (χ1) is 25.5. The summed E-state index contributed by atoms with van der Waals surface area (Å²) in [5, 5.41) is 11.2. The van der Waals surface area contributed by atoms with Gasteiger partial charge < -0.3 is 30.6 Å². The molecular formula is C46H38N6. The first-order valence-electron chi connectivity index (χ1n) is 17.6. The Kier molecular flexibility index (Phi) is 7.82. The van der Waals surface area contributed by atoms with Crippen molar-refractivity contribution in [2.45, 2.75) is 13.8 Å². The van der Waals surface area contributed by atoms with E-state index in [1.807, 2.05) is 0 Å². The van der Waals surface area contributed by atoms with E-state index in [2.05, 4.69) is 202 Å². The molecular weight excluding hydrogens is 637 g/mol. The molecule has 8 bridgehead atoms. The molecule has 6 N–H and O–H groups in total. The summed E-state index contributed by atoms with van der Waals surface area (Å²) in [7, 11) is 0. The number of para-hydroxylation sites is 2. The minimum Gasteiger partial charge on any atom is -0.355 e. The van der Waals surface area contributed by atoms with Crippen LogP contribution in [-0.2, 0) is 0 Å². The van der Waals surface area contributed by atoms with Crippen molar-refractivity contribution in [3.63, 3.8) is 0 Å². The highest BCUT2D eigenvalue weighted by molar-refractivity contribution is 5.81.